The third-order valence-electron chi connectivity index (χ3n) is 3.90. The number of carbonyl (C=O) groups excluding carboxylic acids is 1. The Kier molecular flexibility index (Phi) is 6.96. The van der Waals surface area contributed by atoms with E-state index < -0.39 is 11.7 Å². The Morgan fingerprint density at radius 2 is 2.25 bits per heavy atom. The molecule has 1 heterocycles. The van der Waals surface area contributed by atoms with Crippen LogP contribution in [0.5, 0.6) is 5.75 Å². The van der Waals surface area contributed by atoms with E-state index in [1.807, 2.05) is 19.0 Å². The van der Waals surface area contributed by atoms with Crippen LogP contribution in [0.1, 0.15) is 16.8 Å². The maximum atomic E-state index is 14.0. The molecule has 0 saturated carbocycles. The first-order chi connectivity index (χ1) is 11.5. The molecule has 1 N–H and O–H groups in total. The summed E-state index contributed by atoms with van der Waals surface area (Å²) in [6.45, 7) is 2.32. The summed E-state index contributed by atoms with van der Waals surface area (Å²) in [5.74, 6) is -0.726. The van der Waals surface area contributed by atoms with Gasteiger partial charge < -0.3 is 24.4 Å². The molecular formula is C17H25FN2O4. The highest BCUT2D eigenvalue weighted by molar-refractivity contribution is 5.94. The van der Waals surface area contributed by atoms with Gasteiger partial charge in [0.15, 0.2) is 0 Å². The second-order valence-corrected chi connectivity index (χ2v) is 6.00. The SMILES string of the molecule is COc1ccc(C(=O)N[C@@H]2COCC[C@@H]2OCCN(C)C)c(F)c1. The van der Waals surface area contributed by atoms with E-state index >= 15 is 0 Å². The minimum absolute atomic E-state index is 0.0200. The smallest absolute Gasteiger partial charge is 0.254 e. The number of nitrogens with zero attached hydrogens (tertiary/aromatic N) is 1. The molecule has 134 valence electrons. The third kappa shape index (κ3) is 5.15. The predicted molar refractivity (Wildman–Crippen MR) is 87.9 cm³/mol. The minimum atomic E-state index is -0.617. The lowest BCUT2D eigenvalue weighted by Gasteiger charge is -2.32. The van der Waals surface area contributed by atoms with Gasteiger partial charge in [-0.25, -0.2) is 4.39 Å². The van der Waals surface area contributed by atoms with Crippen LogP contribution in [0.4, 0.5) is 4.39 Å². The van der Waals surface area contributed by atoms with Gasteiger partial charge in [-0.1, -0.05) is 0 Å². The van der Waals surface area contributed by atoms with Gasteiger partial charge in [0, 0.05) is 19.2 Å². The highest BCUT2D eigenvalue weighted by Gasteiger charge is 2.29. The molecule has 0 aliphatic carbocycles. The van der Waals surface area contributed by atoms with Crippen LogP contribution in [0.2, 0.25) is 0 Å². The molecule has 2 rings (SSSR count). The zero-order valence-electron chi connectivity index (χ0n) is 14.4. The molecule has 0 unspecified atom stereocenters. The first-order valence-electron chi connectivity index (χ1n) is 7.99. The van der Waals surface area contributed by atoms with Crippen LogP contribution in [0.3, 0.4) is 0 Å². The Hall–Kier alpha value is -1.70. The van der Waals surface area contributed by atoms with Crippen LogP contribution < -0.4 is 10.1 Å². The summed E-state index contributed by atoms with van der Waals surface area (Å²) in [7, 11) is 5.39. The number of methoxy groups -OCH3 is 1. The molecule has 7 heteroatoms. The van der Waals surface area contributed by atoms with Crippen molar-refractivity contribution in [2.24, 2.45) is 0 Å². The summed E-state index contributed by atoms with van der Waals surface area (Å²) in [5.41, 5.74) is -0.0200. The van der Waals surface area contributed by atoms with Gasteiger partial charge >= 0.3 is 0 Å². The molecule has 6 nitrogen and oxygen atoms in total. The Labute approximate surface area is 141 Å². The number of carbonyl (C=O) groups is 1. The van der Waals surface area contributed by atoms with E-state index in [0.717, 1.165) is 6.54 Å². The lowest BCUT2D eigenvalue weighted by molar-refractivity contribution is -0.0562. The van der Waals surface area contributed by atoms with Crippen LogP contribution in [0, 0.1) is 5.82 Å². The van der Waals surface area contributed by atoms with Crippen molar-refractivity contribution in [2.45, 2.75) is 18.6 Å². The first-order valence-corrected chi connectivity index (χ1v) is 7.99. The Morgan fingerprint density at radius 1 is 1.46 bits per heavy atom. The molecule has 1 aliphatic heterocycles. The van der Waals surface area contributed by atoms with Gasteiger partial charge in [0.1, 0.15) is 11.6 Å². The van der Waals surface area contributed by atoms with E-state index in [4.69, 9.17) is 14.2 Å². The molecule has 1 fully saturated rings. The maximum absolute atomic E-state index is 14.0. The quantitative estimate of drug-likeness (QED) is 0.811. The fraction of sp³-hybridized carbons (Fsp3) is 0.588. The number of likely N-dealkylation sites (N-methyl/N-ethyl adjacent to an activating group) is 1. The average molecular weight is 340 g/mol. The summed E-state index contributed by atoms with van der Waals surface area (Å²) in [5, 5.41) is 2.82. The van der Waals surface area contributed by atoms with E-state index in [1.165, 1.54) is 19.2 Å². The van der Waals surface area contributed by atoms with E-state index in [0.29, 0.717) is 32.0 Å². The molecule has 0 radical (unpaired) electrons. The monoisotopic (exact) mass is 340 g/mol. The van der Waals surface area contributed by atoms with Gasteiger partial charge in [0.25, 0.3) is 5.91 Å². The van der Waals surface area contributed by atoms with Crippen LogP contribution in [-0.4, -0.2) is 70.5 Å². The minimum Gasteiger partial charge on any atom is -0.497 e. The van der Waals surface area contributed by atoms with Gasteiger partial charge in [-0.15, -0.1) is 0 Å². The zero-order valence-corrected chi connectivity index (χ0v) is 14.4. The Balaban J connectivity index is 1.97. The number of hydrogen-bond acceptors (Lipinski definition) is 5. The summed E-state index contributed by atoms with van der Waals surface area (Å²) in [6, 6.07) is 3.86. The van der Waals surface area contributed by atoms with Crippen molar-refractivity contribution in [3.63, 3.8) is 0 Å². The van der Waals surface area contributed by atoms with Crippen molar-refractivity contribution in [1.82, 2.24) is 10.2 Å². The molecule has 24 heavy (non-hydrogen) atoms. The van der Waals surface area contributed by atoms with Crippen molar-refractivity contribution >= 4 is 5.91 Å². The lowest BCUT2D eigenvalue weighted by Crippen LogP contribution is -2.51. The van der Waals surface area contributed by atoms with Crippen molar-refractivity contribution < 1.29 is 23.4 Å². The van der Waals surface area contributed by atoms with E-state index in [2.05, 4.69) is 5.32 Å². The number of ether oxygens (including phenoxy) is 3. The molecule has 0 bridgehead atoms. The molecule has 0 spiro atoms. The molecule has 1 amide bonds. The third-order valence-corrected chi connectivity index (χ3v) is 3.90. The van der Waals surface area contributed by atoms with Gasteiger partial charge in [-0.3, -0.25) is 4.79 Å². The topological polar surface area (TPSA) is 60.0 Å². The number of hydrogen-bond donors (Lipinski definition) is 1. The number of nitrogens with one attached hydrogen (secondary N) is 1. The molecule has 1 aliphatic rings. The number of amides is 1. The summed E-state index contributed by atoms with van der Waals surface area (Å²) in [6.07, 6.45) is 0.563. The number of rotatable bonds is 7. The second-order valence-electron chi connectivity index (χ2n) is 6.00. The Morgan fingerprint density at radius 3 is 2.92 bits per heavy atom. The maximum Gasteiger partial charge on any atom is 0.254 e. The first kappa shape index (κ1) is 18.6. The molecule has 2 atom stereocenters. The fourth-order valence-electron chi connectivity index (χ4n) is 2.49. The van der Waals surface area contributed by atoms with Gasteiger partial charge in [-0.2, -0.15) is 0 Å². The van der Waals surface area contributed by atoms with Crippen molar-refractivity contribution in [3.05, 3.63) is 29.6 Å². The largest absolute Gasteiger partial charge is 0.497 e. The average Bonchev–Trinajstić information content (AvgIpc) is 2.55. The Bertz CT molecular complexity index is 553. The highest BCUT2D eigenvalue weighted by Crippen LogP contribution is 2.18. The molecular weight excluding hydrogens is 315 g/mol. The number of halogens is 1. The molecule has 1 aromatic rings. The summed E-state index contributed by atoms with van der Waals surface area (Å²) < 4.78 is 30.3. The highest BCUT2D eigenvalue weighted by atomic mass is 19.1. The van der Waals surface area contributed by atoms with E-state index in [9.17, 15) is 9.18 Å². The van der Waals surface area contributed by atoms with E-state index in [1.54, 1.807) is 6.07 Å². The van der Waals surface area contributed by atoms with E-state index in [-0.39, 0.29) is 17.7 Å². The second kappa shape index (κ2) is 8.96. The summed E-state index contributed by atoms with van der Waals surface area (Å²) in [4.78, 5) is 14.4. The summed E-state index contributed by atoms with van der Waals surface area (Å²) >= 11 is 0. The standard InChI is InChI=1S/C17H25FN2O4/c1-20(2)7-9-24-16-6-8-23-11-15(16)19-17(21)13-5-4-12(22-3)10-14(13)18/h4-5,10,15-16H,6-9,11H2,1-3H3,(H,19,21)/t15-,16+/m1/s1. The molecule has 1 saturated heterocycles. The zero-order chi connectivity index (χ0) is 17.5. The van der Waals surface area contributed by atoms with Crippen LogP contribution in [0.25, 0.3) is 0 Å². The van der Waals surface area contributed by atoms with Crippen molar-refractivity contribution in [1.29, 1.82) is 0 Å². The molecule has 0 aromatic heterocycles. The lowest BCUT2D eigenvalue weighted by atomic mass is 10.1. The number of benzene rings is 1. The van der Waals surface area contributed by atoms with Crippen LogP contribution in [-0.2, 0) is 9.47 Å². The van der Waals surface area contributed by atoms with Crippen LogP contribution in [0.15, 0.2) is 18.2 Å². The molecule has 1 aromatic carbocycles. The van der Waals surface area contributed by atoms with Gasteiger partial charge in [-0.05, 0) is 32.6 Å². The van der Waals surface area contributed by atoms with Crippen LogP contribution >= 0.6 is 0 Å². The fourth-order valence-corrected chi connectivity index (χ4v) is 2.49. The normalized spacial score (nSPS) is 20.9. The van der Waals surface area contributed by atoms with Crippen molar-refractivity contribution in [3.8, 4) is 5.75 Å². The van der Waals surface area contributed by atoms with Crippen molar-refractivity contribution in [2.75, 3.05) is 47.6 Å². The predicted octanol–water partition coefficient (Wildman–Crippen LogP) is 1.30. The van der Waals surface area contributed by atoms with Gasteiger partial charge in [0.05, 0.1) is 38.0 Å². The van der Waals surface area contributed by atoms with Gasteiger partial charge in [0.2, 0.25) is 0 Å².